The van der Waals surface area contributed by atoms with Crippen molar-refractivity contribution in [2.24, 2.45) is 0 Å². The minimum absolute atomic E-state index is 0.312. The Bertz CT molecular complexity index is 432. The lowest BCUT2D eigenvalue weighted by molar-refractivity contribution is 0.0696. The van der Waals surface area contributed by atoms with Crippen LogP contribution in [0.5, 0.6) is 0 Å². The molecule has 0 saturated carbocycles. The number of unbranched alkanes of at least 4 members (excludes halogenated alkanes) is 2. The van der Waals surface area contributed by atoms with E-state index in [-0.39, 0.29) is 0 Å². The molecule has 1 aromatic heterocycles. The summed E-state index contributed by atoms with van der Waals surface area (Å²) in [5.74, 6) is -0.219. The van der Waals surface area contributed by atoms with Gasteiger partial charge in [-0.3, -0.25) is 0 Å². The van der Waals surface area contributed by atoms with Crippen LogP contribution in [0.2, 0.25) is 0 Å². The molecule has 1 atom stereocenters. The Balaban J connectivity index is 2.74. The quantitative estimate of drug-likeness (QED) is 0.667. The van der Waals surface area contributed by atoms with E-state index in [4.69, 9.17) is 5.11 Å². The van der Waals surface area contributed by atoms with Crippen molar-refractivity contribution < 1.29 is 9.90 Å². The average Bonchev–Trinajstić information content (AvgIpc) is 2.39. The van der Waals surface area contributed by atoms with Gasteiger partial charge >= 0.3 is 5.97 Å². The van der Waals surface area contributed by atoms with Crippen molar-refractivity contribution in [3.8, 4) is 0 Å². The first-order valence-corrected chi connectivity index (χ1v) is 7.57. The molecule has 4 nitrogen and oxygen atoms in total. The molecule has 0 fully saturated rings. The Kier molecular flexibility index (Phi) is 7.05. The van der Waals surface area contributed by atoms with Crippen molar-refractivity contribution in [2.75, 3.05) is 5.32 Å². The standard InChI is InChI=1S/C16H26N2O2/c1-4-6-7-9-12(3)17-15-11-13(16(19)20)10-14(18-15)8-5-2/h10-12H,4-9H2,1-3H3,(H,17,18)(H,19,20). The van der Waals surface area contributed by atoms with Crippen molar-refractivity contribution in [1.29, 1.82) is 0 Å². The third kappa shape index (κ3) is 5.59. The molecule has 1 aromatic rings. The maximum absolute atomic E-state index is 11.2. The van der Waals surface area contributed by atoms with Crippen LogP contribution >= 0.6 is 0 Å². The van der Waals surface area contributed by atoms with E-state index in [1.54, 1.807) is 12.1 Å². The van der Waals surface area contributed by atoms with Gasteiger partial charge in [0.05, 0.1) is 5.56 Å². The summed E-state index contributed by atoms with van der Waals surface area (Å²) in [5, 5.41) is 12.5. The molecule has 0 aliphatic carbocycles. The molecule has 1 heterocycles. The number of aromatic carboxylic acids is 1. The number of pyridine rings is 1. The highest BCUT2D eigenvalue weighted by Gasteiger charge is 2.10. The SMILES string of the molecule is CCCCCC(C)Nc1cc(C(=O)O)cc(CCC)n1. The van der Waals surface area contributed by atoms with Gasteiger partial charge in [-0.05, 0) is 31.9 Å². The van der Waals surface area contributed by atoms with E-state index in [1.807, 2.05) is 0 Å². The predicted octanol–water partition coefficient (Wildman–Crippen LogP) is 4.11. The number of anilines is 1. The summed E-state index contributed by atoms with van der Waals surface area (Å²) in [5.41, 5.74) is 1.15. The van der Waals surface area contributed by atoms with Gasteiger partial charge in [-0.1, -0.05) is 39.5 Å². The molecule has 0 aromatic carbocycles. The van der Waals surface area contributed by atoms with Crippen LogP contribution < -0.4 is 5.32 Å². The fourth-order valence-corrected chi connectivity index (χ4v) is 2.19. The third-order valence-corrected chi connectivity index (χ3v) is 3.27. The molecule has 0 radical (unpaired) electrons. The van der Waals surface area contributed by atoms with E-state index < -0.39 is 5.97 Å². The summed E-state index contributed by atoms with van der Waals surface area (Å²) >= 11 is 0. The van der Waals surface area contributed by atoms with Crippen LogP contribution in [-0.4, -0.2) is 22.1 Å². The lowest BCUT2D eigenvalue weighted by atomic mass is 10.1. The number of hydrogen-bond acceptors (Lipinski definition) is 3. The fourth-order valence-electron chi connectivity index (χ4n) is 2.19. The van der Waals surface area contributed by atoms with Gasteiger partial charge in [-0.15, -0.1) is 0 Å². The Hall–Kier alpha value is -1.58. The molecular weight excluding hydrogens is 252 g/mol. The van der Waals surface area contributed by atoms with Gasteiger partial charge < -0.3 is 10.4 Å². The summed E-state index contributed by atoms with van der Waals surface area (Å²) in [7, 11) is 0. The topological polar surface area (TPSA) is 62.2 Å². The minimum atomic E-state index is -0.897. The highest BCUT2D eigenvalue weighted by Crippen LogP contribution is 2.15. The van der Waals surface area contributed by atoms with Crippen molar-refractivity contribution in [3.05, 3.63) is 23.4 Å². The number of nitrogens with zero attached hydrogens (tertiary/aromatic N) is 1. The maximum Gasteiger partial charge on any atom is 0.335 e. The lowest BCUT2D eigenvalue weighted by Crippen LogP contribution is -2.17. The van der Waals surface area contributed by atoms with Crippen LogP contribution in [-0.2, 0) is 6.42 Å². The number of aryl methyl sites for hydroxylation is 1. The first kappa shape index (κ1) is 16.5. The summed E-state index contributed by atoms with van der Waals surface area (Å²) in [6.07, 6.45) is 6.47. The van der Waals surface area contributed by atoms with Crippen molar-refractivity contribution >= 4 is 11.8 Å². The zero-order valence-corrected chi connectivity index (χ0v) is 12.8. The van der Waals surface area contributed by atoms with Gasteiger partial charge in [0, 0.05) is 11.7 Å². The highest BCUT2D eigenvalue weighted by atomic mass is 16.4. The molecular formula is C16H26N2O2. The first-order valence-electron chi connectivity index (χ1n) is 7.57. The van der Waals surface area contributed by atoms with Gasteiger partial charge in [-0.25, -0.2) is 9.78 Å². The van der Waals surface area contributed by atoms with Crippen LogP contribution in [0.15, 0.2) is 12.1 Å². The molecule has 0 amide bonds. The van der Waals surface area contributed by atoms with Gasteiger partial charge in [-0.2, -0.15) is 0 Å². The molecule has 1 unspecified atom stereocenters. The average molecular weight is 278 g/mol. The van der Waals surface area contributed by atoms with E-state index in [1.165, 1.54) is 19.3 Å². The zero-order valence-electron chi connectivity index (χ0n) is 12.8. The zero-order chi connectivity index (χ0) is 15.0. The largest absolute Gasteiger partial charge is 0.478 e. The molecule has 0 spiro atoms. The van der Waals surface area contributed by atoms with Crippen LogP contribution in [0.25, 0.3) is 0 Å². The van der Waals surface area contributed by atoms with Crippen molar-refractivity contribution in [1.82, 2.24) is 4.98 Å². The fraction of sp³-hybridized carbons (Fsp3) is 0.625. The number of rotatable bonds is 9. The van der Waals surface area contributed by atoms with E-state index in [0.717, 1.165) is 25.0 Å². The predicted molar refractivity (Wildman–Crippen MR) is 82.4 cm³/mol. The van der Waals surface area contributed by atoms with Crippen LogP contribution in [0.4, 0.5) is 5.82 Å². The number of nitrogens with one attached hydrogen (secondary N) is 1. The minimum Gasteiger partial charge on any atom is -0.478 e. The first-order chi connectivity index (χ1) is 9.56. The molecule has 0 bridgehead atoms. The smallest absolute Gasteiger partial charge is 0.335 e. The van der Waals surface area contributed by atoms with Crippen LogP contribution in [0.3, 0.4) is 0 Å². The molecule has 112 valence electrons. The van der Waals surface area contributed by atoms with E-state index in [9.17, 15) is 4.79 Å². The Morgan fingerprint density at radius 2 is 2.05 bits per heavy atom. The van der Waals surface area contributed by atoms with E-state index >= 15 is 0 Å². The molecule has 4 heteroatoms. The highest BCUT2D eigenvalue weighted by molar-refractivity contribution is 5.88. The van der Waals surface area contributed by atoms with Gasteiger partial charge in [0.1, 0.15) is 5.82 Å². The van der Waals surface area contributed by atoms with Gasteiger partial charge in [0.25, 0.3) is 0 Å². The Morgan fingerprint density at radius 3 is 2.65 bits per heavy atom. The molecule has 0 aliphatic heterocycles. The second-order valence-corrected chi connectivity index (χ2v) is 5.33. The number of carboxylic acid groups (broad SMARTS) is 1. The Labute approximate surface area is 121 Å². The normalized spacial score (nSPS) is 12.2. The number of hydrogen-bond donors (Lipinski definition) is 2. The van der Waals surface area contributed by atoms with E-state index in [0.29, 0.717) is 17.4 Å². The molecule has 0 aliphatic rings. The van der Waals surface area contributed by atoms with Gasteiger partial charge in [0.2, 0.25) is 0 Å². The molecule has 2 N–H and O–H groups in total. The number of carboxylic acids is 1. The van der Waals surface area contributed by atoms with E-state index in [2.05, 4.69) is 31.1 Å². The Morgan fingerprint density at radius 1 is 1.30 bits per heavy atom. The second kappa shape index (κ2) is 8.56. The van der Waals surface area contributed by atoms with Crippen molar-refractivity contribution in [3.63, 3.8) is 0 Å². The van der Waals surface area contributed by atoms with Gasteiger partial charge in [0.15, 0.2) is 0 Å². The second-order valence-electron chi connectivity index (χ2n) is 5.33. The van der Waals surface area contributed by atoms with Crippen molar-refractivity contribution in [2.45, 2.75) is 65.3 Å². The monoisotopic (exact) mass is 278 g/mol. The number of aromatic nitrogens is 1. The summed E-state index contributed by atoms with van der Waals surface area (Å²) < 4.78 is 0. The molecule has 0 saturated heterocycles. The maximum atomic E-state index is 11.2. The summed E-state index contributed by atoms with van der Waals surface area (Å²) in [4.78, 5) is 15.7. The third-order valence-electron chi connectivity index (χ3n) is 3.27. The molecule has 20 heavy (non-hydrogen) atoms. The van der Waals surface area contributed by atoms with Crippen LogP contribution in [0, 0.1) is 0 Å². The van der Waals surface area contributed by atoms with Crippen LogP contribution in [0.1, 0.15) is 68.9 Å². The number of carbonyl (C=O) groups is 1. The summed E-state index contributed by atoms with van der Waals surface area (Å²) in [6, 6.07) is 3.60. The lowest BCUT2D eigenvalue weighted by Gasteiger charge is -2.15. The molecule has 1 rings (SSSR count). The summed E-state index contributed by atoms with van der Waals surface area (Å²) in [6.45, 7) is 6.37.